The molecule has 0 radical (unpaired) electrons. The molecule has 2 aromatic carbocycles. The third-order valence-electron chi connectivity index (χ3n) is 2.87. The normalized spacial score (nSPS) is 10.5. The van der Waals surface area contributed by atoms with Gasteiger partial charge in [-0.3, -0.25) is 9.59 Å². The lowest BCUT2D eigenvalue weighted by Crippen LogP contribution is -2.17. The molecule has 2 aromatic rings. The highest BCUT2D eigenvalue weighted by atomic mass is 19.1. The highest BCUT2D eigenvalue weighted by molar-refractivity contribution is 5.97. The standard InChI is InChI=1S/C17H15FN2O3/c1-12(21)14-5-3-7-16(9-14)20-17(22)11-23-19-10-13-4-2-6-15(18)8-13/h2-10H,11H2,1H3,(H,20,22). The van der Waals surface area contributed by atoms with Crippen LogP contribution in [0.2, 0.25) is 0 Å². The summed E-state index contributed by atoms with van der Waals surface area (Å²) in [7, 11) is 0. The predicted octanol–water partition coefficient (Wildman–Crippen LogP) is 3.02. The van der Waals surface area contributed by atoms with E-state index in [0.717, 1.165) is 0 Å². The lowest BCUT2D eigenvalue weighted by molar-refractivity contribution is -0.120. The molecule has 0 saturated heterocycles. The molecular weight excluding hydrogens is 299 g/mol. The number of halogens is 1. The third kappa shape index (κ3) is 5.35. The van der Waals surface area contributed by atoms with Gasteiger partial charge in [-0.1, -0.05) is 29.4 Å². The van der Waals surface area contributed by atoms with E-state index in [2.05, 4.69) is 10.5 Å². The Morgan fingerprint density at radius 2 is 2.00 bits per heavy atom. The van der Waals surface area contributed by atoms with Crippen molar-refractivity contribution in [3.8, 4) is 0 Å². The van der Waals surface area contributed by atoms with Gasteiger partial charge in [0.25, 0.3) is 5.91 Å². The van der Waals surface area contributed by atoms with Crippen molar-refractivity contribution in [3.05, 3.63) is 65.5 Å². The third-order valence-corrected chi connectivity index (χ3v) is 2.87. The topological polar surface area (TPSA) is 67.8 Å². The van der Waals surface area contributed by atoms with E-state index < -0.39 is 5.91 Å². The molecule has 5 nitrogen and oxygen atoms in total. The number of benzene rings is 2. The Balaban J connectivity index is 1.83. The number of carbonyl (C=O) groups excluding carboxylic acids is 2. The van der Waals surface area contributed by atoms with Gasteiger partial charge in [0, 0.05) is 11.3 Å². The van der Waals surface area contributed by atoms with Crippen molar-refractivity contribution in [1.29, 1.82) is 0 Å². The number of Topliss-reactive ketones (excluding diaryl/α,β-unsaturated/α-hetero) is 1. The summed E-state index contributed by atoms with van der Waals surface area (Å²) >= 11 is 0. The van der Waals surface area contributed by atoms with E-state index in [4.69, 9.17) is 4.84 Å². The van der Waals surface area contributed by atoms with Crippen LogP contribution in [-0.4, -0.2) is 24.5 Å². The minimum Gasteiger partial charge on any atom is -0.386 e. The second-order valence-corrected chi connectivity index (χ2v) is 4.75. The average molecular weight is 314 g/mol. The highest BCUT2D eigenvalue weighted by Gasteiger charge is 2.05. The summed E-state index contributed by atoms with van der Waals surface area (Å²) in [6.45, 7) is 1.15. The maximum Gasteiger partial charge on any atom is 0.265 e. The summed E-state index contributed by atoms with van der Waals surface area (Å²) in [5.74, 6) is -0.879. The summed E-state index contributed by atoms with van der Waals surface area (Å²) in [4.78, 5) is 27.8. The summed E-state index contributed by atoms with van der Waals surface area (Å²) in [5.41, 5.74) is 1.54. The van der Waals surface area contributed by atoms with Gasteiger partial charge in [0.2, 0.25) is 0 Å². The zero-order valence-electron chi connectivity index (χ0n) is 12.5. The number of ketones is 1. The molecule has 0 atom stereocenters. The number of oxime groups is 1. The molecule has 0 aliphatic heterocycles. The minimum atomic E-state index is -0.415. The van der Waals surface area contributed by atoms with Crippen LogP contribution in [0.15, 0.2) is 53.7 Å². The van der Waals surface area contributed by atoms with E-state index in [1.165, 1.54) is 25.3 Å². The maximum absolute atomic E-state index is 12.9. The average Bonchev–Trinajstić information content (AvgIpc) is 2.52. The van der Waals surface area contributed by atoms with Crippen molar-refractivity contribution < 1.29 is 18.8 Å². The largest absolute Gasteiger partial charge is 0.386 e. The zero-order valence-corrected chi connectivity index (χ0v) is 12.5. The van der Waals surface area contributed by atoms with Crippen molar-refractivity contribution in [2.75, 3.05) is 11.9 Å². The lowest BCUT2D eigenvalue weighted by atomic mass is 10.1. The second kappa shape index (κ2) is 7.84. The zero-order chi connectivity index (χ0) is 16.7. The van der Waals surface area contributed by atoms with Gasteiger partial charge < -0.3 is 10.2 Å². The van der Waals surface area contributed by atoms with Crippen LogP contribution in [0.3, 0.4) is 0 Å². The molecule has 0 fully saturated rings. The Labute approximate surface area is 132 Å². The number of hydrogen-bond acceptors (Lipinski definition) is 4. The number of nitrogens with zero attached hydrogens (tertiary/aromatic N) is 1. The molecule has 6 heteroatoms. The first-order valence-electron chi connectivity index (χ1n) is 6.86. The van der Waals surface area contributed by atoms with Gasteiger partial charge in [0.1, 0.15) is 5.82 Å². The Bertz CT molecular complexity index is 744. The molecule has 0 aliphatic rings. The van der Waals surface area contributed by atoms with Gasteiger partial charge in [0.15, 0.2) is 12.4 Å². The summed E-state index contributed by atoms with van der Waals surface area (Å²) in [6.07, 6.45) is 1.31. The number of rotatable bonds is 6. The molecule has 0 unspecified atom stereocenters. The molecule has 0 bridgehead atoms. The first-order valence-corrected chi connectivity index (χ1v) is 6.86. The van der Waals surface area contributed by atoms with Crippen LogP contribution in [0.5, 0.6) is 0 Å². The quantitative estimate of drug-likeness (QED) is 0.506. The highest BCUT2D eigenvalue weighted by Crippen LogP contribution is 2.11. The summed E-state index contributed by atoms with van der Waals surface area (Å²) < 4.78 is 12.9. The van der Waals surface area contributed by atoms with Crippen molar-refractivity contribution in [2.24, 2.45) is 5.16 Å². The molecular formula is C17H15FN2O3. The Kier molecular flexibility index (Phi) is 5.57. The minimum absolute atomic E-state index is 0.0861. The van der Waals surface area contributed by atoms with Gasteiger partial charge in [0.05, 0.1) is 6.21 Å². The van der Waals surface area contributed by atoms with Gasteiger partial charge in [-0.15, -0.1) is 0 Å². The van der Waals surface area contributed by atoms with Crippen LogP contribution in [0, 0.1) is 5.82 Å². The number of anilines is 1. The van der Waals surface area contributed by atoms with Crippen LogP contribution < -0.4 is 5.32 Å². The molecule has 2 rings (SSSR count). The molecule has 0 saturated carbocycles. The molecule has 0 spiro atoms. The van der Waals surface area contributed by atoms with Crippen LogP contribution in [0.4, 0.5) is 10.1 Å². The van der Waals surface area contributed by atoms with Crippen molar-refractivity contribution >= 4 is 23.6 Å². The van der Waals surface area contributed by atoms with Gasteiger partial charge in [-0.2, -0.15) is 0 Å². The van der Waals surface area contributed by atoms with Crippen molar-refractivity contribution in [2.45, 2.75) is 6.92 Å². The fourth-order valence-corrected chi connectivity index (χ4v) is 1.79. The number of carbonyl (C=O) groups is 2. The van der Waals surface area contributed by atoms with Crippen LogP contribution in [-0.2, 0) is 9.63 Å². The second-order valence-electron chi connectivity index (χ2n) is 4.75. The van der Waals surface area contributed by atoms with Gasteiger partial charge in [-0.25, -0.2) is 4.39 Å². The molecule has 1 amide bonds. The molecule has 0 aromatic heterocycles. The predicted molar refractivity (Wildman–Crippen MR) is 85.0 cm³/mol. The fourth-order valence-electron chi connectivity index (χ4n) is 1.79. The van der Waals surface area contributed by atoms with Crippen LogP contribution >= 0.6 is 0 Å². The number of nitrogens with one attached hydrogen (secondary N) is 1. The van der Waals surface area contributed by atoms with Crippen LogP contribution in [0.1, 0.15) is 22.8 Å². The molecule has 23 heavy (non-hydrogen) atoms. The fraction of sp³-hybridized carbons (Fsp3) is 0.118. The monoisotopic (exact) mass is 314 g/mol. The summed E-state index contributed by atoms with van der Waals surface area (Å²) in [6, 6.07) is 12.4. The van der Waals surface area contributed by atoms with Gasteiger partial charge in [-0.05, 0) is 36.8 Å². The van der Waals surface area contributed by atoms with E-state index in [-0.39, 0.29) is 18.2 Å². The van der Waals surface area contributed by atoms with E-state index in [9.17, 15) is 14.0 Å². The Hall–Kier alpha value is -3.02. The molecule has 1 N–H and O–H groups in total. The number of hydrogen-bond donors (Lipinski definition) is 1. The molecule has 0 aliphatic carbocycles. The first-order chi connectivity index (χ1) is 11.0. The van der Waals surface area contributed by atoms with E-state index in [0.29, 0.717) is 16.8 Å². The van der Waals surface area contributed by atoms with Crippen molar-refractivity contribution in [1.82, 2.24) is 0 Å². The van der Waals surface area contributed by atoms with Gasteiger partial charge >= 0.3 is 0 Å². The Morgan fingerprint density at radius 1 is 1.22 bits per heavy atom. The molecule has 118 valence electrons. The summed E-state index contributed by atoms with van der Waals surface area (Å²) in [5, 5.41) is 6.20. The lowest BCUT2D eigenvalue weighted by Gasteiger charge is -2.05. The SMILES string of the molecule is CC(=O)c1cccc(NC(=O)CON=Cc2cccc(F)c2)c1. The number of amides is 1. The van der Waals surface area contributed by atoms with Crippen molar-refractivity contribution in [3.63, 3.8) is 0 Å². The van der Waals surface area contributed by atoms with Crippen LogP contribution in [0.25, 0.3) is 0 Å². The molecule has 0 heterocycles. The van der Waals surface area contributed by atoms with E-state index >= 15 is 0 Å². The maximum atomic E-state index is 12.9. The van der Waals surface area contributed by atoms with E-state index in [1.807, 2.05) is 0 Å². The Morgan fingerprint density at radius 3 is 2.74 bits per heavy atom. The smallest absolute Gasteiger partial charge is 0.265 e. The first kappa shape index (κ1) is 16.4. The van der Waals surface area contributed by atoms with E-state index in [1.54, 1.807) is 36.4 Å².